The summed E-state index contributed by atoms with van der Waals surface area (Å²) in [5.74, 6) is -0.854. The second kappa shape index (κ2) is 4.40. The summed E-state index contributed by atoms with van der Waals surface area (Å²) in [6, 6.07) is 0. The summed E-state index contributed by atoms with van der Waals surface area (Å²) < 4.78 is 1.79. The first-order valence-corrected chi connectivity index (χ1v) is 6.24. The van der Waals surface area contributed by atoms with Crippen molar-refractivity contribution in [3.8, 4) is 0 Å². The van der Waals surface area contributed by atoms with Crippen molar-refractivity contribution >= 4 is 17.7 Å². The maximum atomic E-state index is 10.5. The largest absolute Gasteiger partial charge is 0.481 e. The number of hydrogen-bond donors (Lipinski definition) is 1. The zero-order valence-electron chi connectivity index (χ0n) is 9.09. The van der Waals surface area contributed by atoms with Gasteiger partial charge in [-0.05, 0) is 30.2 Å². The maximum absolute atomic E-state index is 10.5. The second-order valence-electron chi connectivity index (χ2n) is 4.26. The summed E-state index contributed by atoms with van der Waals surface area (Å²) in [7, 11) is 0. The molecular formula is C9H14N4O2S. The van der Waals surface area contributed by atoms with E-state index in [4.69, 9.17) is 5.11 Å². The van der Waals surface area contributed by atoms with E-state index in [0.29, 0.717) is 5.16 Å². The van der Waals surface area contributed by atoms with Crippen LogP contribution in [-0.2, 0) is 10.3 Å². The molecule has 1 heterocycles. The van der Waals surface area contributed by atoms with Gasteiger partial charge in [0.15, 0.2) is 0 Å². The van der Waals surface area contributed by atoms with Crippen molar-refractivity contribution in [2.45, 2.75) is 43.3 Å². The van der Waals surface area contributed by atoms with Gasteiger partial charge in [-0.3, -0.25) is 4.79 Å². The number of carboxylic acids is 1. The number of thioether (sulfide) groups is 1. The third-order valence-electron chi connectivity index (χ3n) is 2.96. The van der Waals surface area contributed by atoms with Crippen molar-refractivity contribution in [1.82, 2.24) is 20.2 Å². The molecule has 16 heavy (non-hydrogen) atoms. The molecule has 88 valence electrons. The molecule has 0 amide bonds. The molecular weight excluding hydrogens is 228 g/mol. The Bertz CT molecular complexity index is 387. The Hall–Kier alpha value is -1.11. The lowest BCUT2D eigenvalue weighted by molar-refractivity contribution is -0.133. The minimum atomic E-state index is -0.851. The first kappa shape index (κ1) is 11.4. The predicted molar refractivity (Wildman–Crippen MR) is 58.3 cm³/mol. The number of aliphatic carboxylic acids is 1. The van der Waals surface area contributed by atoms with Gasteiger partial charge in [-0.25, -0.2) is 4.68 Å². The highest BCUT2D eigenvalue weighted by atomic mass is 32.2. The molecule has 1 fully saturated rings. The number of carboxylic acid groups (broad SMARTS) is 1. The van der Waals surface area contributed by atoms with Gasteiger partial charge in [-0.15, -0.1) is 5.10 Å². The topological polar surface area (TPSA) is 80.9 Å². The van der Waals surface area contributed by atoms with Crippen molar-refractivity contribution in [1.29, 1.82) is 0 Å². The van der Waals surface area contributed by atoms with Gasteiger partial charge in [-0.1, -0.05) is 24.6 Å². The summed E-state index contributed by atoms with van der Waals surface area (Å²) in [4.78, 5) is 10.5. The zero-order chi connectivity index (χ0) is 11.6. The number of hydrogen-bond acceptors (Lipinski definition) is 5. The standard InChI is InChI=1S/C9H14N4O2S/c1-9(4-2-3-5-9)13-8(10-11-12-13)16-6-7(14)15/h2-6H2,1H3,(H,14,15). The van der Waals surface area contributed by atoms with Gasteiger partial charge in [0, 0.05) is 0 Å². The molecule has 0 atom stereocenters. The van der Waals surface area contributed by atoms with E-state index >= 15 is 0 Å². The summed E-state index contributed by atoms with van der Waals surface area (Å²) in [6.45, 7) is 2.13. The third kappa shape index (κ3) is 2.18. The molecule has 0 spiro atoms. The molecule has 0 saturated heterocycles. The van der Waals surface area contributed by atoms with Crippen LogP contribution in [0, 0.1) is 0 Å². The number of rotatable bonds is 4. The van der Waals surface area contributed by atoms with Crippen LogP contribution >= 0.6 is 11.8 Å². The van der Waals surface area contributed by atoms with Crippen LogP contribution < -0.4 is 0 Å². The van der Waals surface area contributed by atoms with E-state index in [-0.39, 0.29) is 11.3 Å². The van der Waals surface area contributed by atoms with E-state index in [0.717, 1.165) is 12.8 Å². The fourth-order valence-corrected chi connectivity index (χ4v) is 2.81. The summed E-state index contributed by atoms with van der Waals surface area (Å²) >= 11 is 1.17. The predicted octanol–water partition coefficient (Wildman–Crippen LogP) is 1.14. The molecule has 1 aromatic rings. The minimum absolute atomic E-state index is 0.00352. The first-order valence-electron chi connectivity index (χ1n) is 5.25. The van der Waals surface area contributed by atoms with E-state index in [1.165, 1.54) is 24.6 Å². The van der Waals surface area contributed by atoms with Crippen LogP contribution in [0.3, 0.4) is 0 Å². The zero-order valence-corrected chi connectivity index (χ0v) is 9.90. The van der Waals surface area contributed by atoms with Gasteiger partial charge in [-0.2, -0.15) is 0 Å². The molecule has 0 aromatic carbocycles. The van der Waals surface area contributed by atoms with E-state index < -0.39 is 5.97 Å². The molecule has 0 bridgehead atoms. The third-order valence-corrected chi connectivity index (χ3v) is 3.86. The molecule has 1 aliphatic rings. The lowest BCUT2D eigenvalue weighted by Crippen LogP contribution is -2.28. The van der Waals surface area contributed by atoms with Crippen LogP contribution in [0.2, 0.25) is 0 Å². The monoisotopic (exact) mass is 242 g/mol. The number of nitrogens with zero attached hydrogens (tertiary/aromatic N) is 4. The maximum Gasteiger partial charge on any atom is 0.313 e. The second-order valence-corrected chi connectivity index (χ2v) is 5.20. The lowest BCUT2D eigenvalue weighted by Gasteiger charge is -2.24. The minimum Gasteiger partial charge on any atom is -0.481 e. The molecule has 0 aliphatic heterocycles. The average Bonchev–Trinajstić information content (AvgIpc) is 2.83. The van der Waals surface area contributed by atoms with E-state index in [1.807, 2.05) is 0 Å². The Kier molecular flexibility index (Phi) is 3.13. The van der Waals surface area contributed by atoms with Crippen LogP contribution in [0.5, 0.6) is 0 Å². The van der Waals surface area contributed by atoms with E-state index in [2.05, 4.69) is 22.4 Å². The Morgan fingerprint density at radius 1 is 1.56 bits per heavy atom. The van der Waals surface area contributed by atoms with Crippen LogP contribution in [-0.4, -0.2) is 37.0 Å². The lowest BCUT2D eigenvalue weighted by atomic mass is 10.0. The van der Waals surface area contributed by atoms with E-state index in [9.17, 15) is 4.79 Å². The fourth-order valence-electron chi connectivity index (χ4n) is 2.08. The quantitative estimate of drug-likeness (QED) is 0.797. The summed E-state index contributed by atoms with van der Waals surface area (Å²) in [5.41, 5.74) is -0.0374. The van der Waals surface area contributed by atoms with Gasteiger partial charge in [0.05, 0.1) is 11.3 Å². The van der Waals surface area contributed by atoms with Crippen molar-refractivity contribution in [2.75, 3.05) is 5.75 Å². The Morgan fingerprint density at radius 2 is 2.25 bits per heavy atom. The SMILES string of the molecule is CC1(n2nnnc2SCC(=O)O)CCCC1. The number of aromatic nitrogens is 4. The van der Waals surface area contributed by atoms with Crippen LogP contribution in [0.1, 0.15) is 32.6 Å². The highest BCUT2D eigenvalue weighted by Gasteiger charge is 2.34. The molecule has 1 saturated carbocycles. The summed E-state index contributed by atoms with van der Waals surface area (Å²) in [6.07, 6.45) is 4.47. The molecule has 1 aliphatic carbocycles. The molecule has 1 N–H and O–H groups in total. The molecule has 1 aromatic heterocycles. The molecule has 0 radical (unpaired) electrons. The van der Waals surface area contributed by atoms with Gasteiger partial charge >= 0.3 is 5.97 Å². The van der Waals surface area contributed by atoms with Crippen molar-refractivity contribution in [3.05, 3.63) is 0 Å². The highest BCUT2D eigenvalue weighted by molar-refractivity contribution is 7.99. The normalized spacial score (nSPS) is 18.8. The van der Waals surface area contributed by atoms with Gasteiger partial charge in [0.25, 0.3) is 0 Å². The Balaban J connectivity index is 2.15. The van der Waals surface area contributed by atoms with Crippen molar-refractivity contribution in [3.63, 3.8) is 0 Å². The smallest absolute Gasteiger partial charge is 0.313 e. The highest BCUT2D eigenvalue weighted by Crippen LogP contribution is 2.37. The van der Waals surface area contributed by atoms with Crippen LogP contribution in [0.15, 0.2) is 5.16 Å². The van der Waals surface area contributed by atoms with Crippen molar-refractivity contribution in [2.24, 2.45) is 0 Å². The molecule has 0 unspecified atom stereocenters. The van der Waals surface area contributed by atoms with Gasteiger partial charge in [0.2, 0.25) is 5.16 Å². The first-order chi connectivity index (χ1) is 7.62. The average molecular weight is 242 g/mol. The Labute approximate surface area is 97.4 Å². The molecule has 2 rings (SSSR count). The van der Waals surface area contributed by atoms with Crippen molar-refractivity contribution < 1.29 is 9.90 Å². The van der Waals surface area contributed by atoms with Crippen LogP contribution in [0.4, 0.5) is 0 Å². The number of carbonyl (C=O) groups is 1. The van der Waals surface area contributed by atoms with Gasteiger partial charge in [0.1, 0.15) is 0 Å². The Morgan fingerprint density at radius 3 is 2.88 bits per heavy atom. The molecule has 6 nitrogen and oxygen atoms in total. The summed E-state index contributed by atoms with van der Waals surface area (Å²) in [5, 5.41) is 20.7. The van der Waals surface area contributed by atoms with Gasteiger partial charge < -0.3 is 5.11 Å². The number of tetrazole rings is 1. The van der Waals surface area contributed by atoms with E-state index in [1.54, 1.807) is 4.68 Å². The molecule has 7 heteroatoms. The fraction of sp³-hybridized carbons (Fsp3) is 0.778. The van der Waals surface area contributed by atoms with Crippen LogP contribution in [0.25, 0.3) is 0 Å².